The lowest BCUT2D eigenvalue weighted by Gasteiger charge is -2.31. The largest absolute Gasteiger partial charge is 0.468 e. The van der Waals surface area contributed by atoms with E-state index in [0.717, 1.165) is 25.7 Å². The summed E-state index contributed by atoms with van der Waals surface area (Å²) in [6.45, 7) is 2.98. The summed E-state index contributed by atoms with van der Waals surface area (Å²) >= 11 is 0. The van der Waals surface area contributed by atoms with Gasteiger partial charge in [0.2, 0.25) is 0 Å². The molecule has 0 aromatic heterocycles. The molecule has 1 aromatic rings. The first-order valence-electron chi connectivity index (χ1n) is 7.51. The molecule has 21 heavy (non-hydrogen) atoms. The van der Waals surface area contributed by atoms with Crippen molar-refractivity contribution < 1.29 is 14.3 Å². The summed E-state index contributed by atoms with van der Waals surface area (Å²) in [6, 6.07) is 10.1. The van der Waals surface area contributed by atoms with E-state index < -0.39 is 0 Å². The van der Waals surface area contributed by atoms with Crippen molar-refractivity contribution in [3.63, 3.8) is 0 Å². The van der Waals surface area contributed by atoms with Crippen LogP contribution in [0.5, 0.6) is 0 Å². The molecule has 3 atom stereocenters. The van der Waals surface area contributed by atoms with Crippen molar-refractivity contribution in [3.8, 4) is 0 Å². The van der Waals surface area contributed by atoms with Crippen LogP contribution in [-0.2, 0) is 14.3 Å². The highest BCUT2D eigenvalue weighted by Gasteiger charge is 2.41. The number of rotatable bonds is 6. The average molecular weight is 289 g/mol. The molecule has 114 valence electrons. The number of carbonyl (C=O) groups is 2. The summed E-state index contributed by atoms with van der Waals surface area (Å²) in [5.74, 6) is 0.0139. The van der Waals surface area contributed by atoms with E-state index in [9.17, 15) is 9.59 Å². The smallest absolute Gasteiger partial charge is 0.323 e. The lowest BCUT2D eigenvalue weighted by Crippen LogP contribution is -2.41. The van der Waals surface area contributed by atoms with Gasteiger partial charge in [0.05, 0.1) is 7.11 Å². The molecule has 0 spiro atoms. The van der Waals surface area contributed by atoms with Crippen LogP contribution in [0.1, 0.15) is 37.8 Å². The second-order valence-corrected chi connectivity index (χ2v) is 5.59. The predicted octanol–water partition coefficient (Wildman–Crippen LogP) is 2.59. The van der Waals surface area contributed by atoms with Gasteiger partial charge >= 0.3 is 5.97 Å². The van der Waals surface area contributed by atoms with Crippen molar-refractivity contribution in [2.24, 2.45) is 5.92 Å². The van der Waals surface area contributed by atoms with E-state index in [4.69, 9.17) is 4.74 Å². The normalized spacial score (nSPS) is 23.7. The highest BCUT2D eigenvalue weighted by Crippen LogP contribution is 2.35. The van der Waals surface area contributed by atoms with Crippen molar-refractivity contribution in [3.05, 3.63) is 35.9 Å². The molecule has 1 saturated heterocycles. The zero-order valence-corrected chi connectivity index (χ0v) is 12.7. The maximum atomic E-state index is 12.2. The summed E-state index contributed by atoms with van der Waals surface area (Å²) in [7, 11) is 1.43. The highest BCUT2D eigenvalue weighted by molar-refractivity contribution is 5.76. The van der Waals surface area contributed by atoms with Crippen LogP contribution in [0.3, 0.4) is 0 Å². The summed E-state index contributed by atoms with van der Waals surface area (Å²) in [4.78, 5) is 25.0. The minimum atomic E-state index is -0.245. The second-order valence-electron chi connectivity index (χ2n) is 5.59. The van der Waals surface area contributed by atoms with Gasteiger partial charge in [-0.25, -0.2) is 0 Å². The Labute approximate surface area is 126 Å². The van der Waals surface area contributed by atoms with Crippen LogP contribution in [0.15, 0.2) is 30.3 Å². The van der Waals surface area contributed by atoms with Crippen LogP contribution >= 0.6 is 0 Å². The first kappa shape index (κ1) is 15.7. The van der Waals surface area contributed by atoms with Crippen molar-refractivity contribution >= 4 is 12.3 Å². The third-order valence-electron chi connectivity index (χ3n) is 4.44. The van der Waals surface area contributed by atoms with E-state index in [1.54, 1.807) is 0 Å². The maximum Gasteiger partial charge on any atom is 0.323 e. The molecule has 1 unspecified atom stereocenters. The number of nitrogens with zero attached hydrogens (tertiary/aromatic N) is 1. The second kappa shape index (κ2) is 7.36. The van der Waals surface area contributed by atoms with E-state index in [1.807, 2.05) is 18.2 Å². The van der Waals surface area contributed by atoms with Crippen LogP contribution < -0.4 is 0 Å². The number of carbonyl (C=O) groups excluding carboxylic acids is 2. The van der Waals surface area contributed by atoms with E-state index >= 15 is 0 Å². The third kappa shape index (κ3) is 3.50. The average Bonchev–Trinajstić information content (AvgIpc) is 2.96. The fraction of sp³-hybridized carbons (Fsp3) is 0.529. The molecule has 1 aliphatic rings. The lowest BCUT2D eigenvalue weighted by molar-refractivity contribution is -0.148. The summed E-state index contributed by atoms with van der Waals surface area (Å²) in [5, 5.41) is 0. The number of methoxy groups -OCH3 is 1. The van der Waals surface area contributed by atoms with E-state index in [1.165, 1.54) is 12.7 Å². The first-order valence-corrected chi connectivity index (χ1v) is 7.51. The third-order valence-corrected chi connectivity index (χ3v) is 4.44. The Hall–Kier alpha value is -1.68. The lowest BCUT2D eigenvalue weighted by atomic mass is 9.94. The Balaban J connectivity index is 2.17. The van der Waals surface area contributed by atoms with Crippen molar-refractivity contribution in [1.29, 1.82) is 0 Å². The number of ether oxygens (including phenoxy) is 1. The molecule has 0 aliphatic carbocycles. The van der Waals surface area contributed by atoms with Gasteiger partial charge in [0.15, 0.2) is 0 Å². The number of hydrogen-bond donors (Lipinski definition) is 0. The summed E-state index contributed by atoms with van der Waals surface area (Å²) in [6.07, 6.45) is 3.12. The Morgan fingerprint density at radius 1 is 1.43 bits per heavy atom. The number of hydrogen-bond acceptors (Lipinski definition) is 4. The van der Waals surface area contributed by atoms with Gasteiger partial charge in [0.25, 0.3) is 0 Å². The Morgan fingerprint density at radius 3 is 2.76 bits per heavy atom. The van der Waals surface area contributed by atoms with Crippen LogP contribution in [-0.4, -0.2) is 36.9 Å². The molecule has 4 nitrogen and oxygen atoms in total. The summed E-state index contributed by atoms with van der Waals surface area (Å²) < 4.78 is 4.99. The van der Waals surface area contributed by atoms with E-state index in [0.29, 0.717) is 6.42 Å². The van der Waals surface area contributed by atoms with Crippen molar-refractivity contribution in [2.45, 2.75) is 38.3 Å². The molecule has 0 radical (unpaired) electrons. The molecule has 1 aromatic carbocycles. The number of benzene rings is 1. The molecule has 0 amide bonds. The predicted molar refractivity (Wildman–Crippen MR) is 80.8 cm³/mol. The first-order chi connectivity index (χ1) is 10.2. The minimum absolute atomic E-state index is 0.163. The van der Waals surface area contributed by atoms with E-state index in [-0.39, 0.29) is 24.0 Å². The fourth-order valence-corrected chi connectivity index (χ4v) is 3.27. The Bertz CT molecular complexity index is 474. The van der Waals surface area contributed by atoms with Crippen LogP contribution in [0, 0.1) is 5.92 Å². The van der Waals surface area contributed by atoms with Gasteiger partial charge in [-0.05, 0) is 37.8 Å². The highest BCUT2D eigenvalue weighted by atomic mass is 16.5. The standard InChI is InChI=1S/C17H23NO3/c1-13(14-7-4-3-5-8-14)18-11-10-15(9-6-12-19)16(18)17(20)21-2/h3-5,7-8,12-13,15-16H,6,9-11H2,1-2H3/t13-,15?,16-/m0/s1. The van der Waals surface area contributed by atoms with Crippen molar-refractivity contribution in [2.75, 3.05) is 13.7 Å². The molecule has 2 rings (SSSR count). The van der Waals surface area contributed by atoms with Gasteiger partial charge in [-0.2, -0.15) is 0 Å². The Kier molecular flexibility index (Phi) is 5.51. The quantitative estimate of drug-likeness (QED) is 0.596. The van der Waals surface area contributed by atoms with Crippen LogP contribution in [0.4, 0.5) is 0 Å². The molecule has 1 heterocycles. The van der Waals surface area contributed by atoms with Gasteiger partial charge in [-0.3, -0.25) is 9.69 Å². The topological polar surface area (TPSA) is 46.6 Å². The molecular weight excluding hydrogens is 266 g/mol. The monoisotopic (exact) mass is 289 g/mol. The molecule has 1 fully saturated rings. The molecular formula is C17H23NO3. The maximum absolute atomic E-state index is 12.2. The molecule has 0 N–H and O–H groups in total. The number of aldehydes is 1. The van der Waals surface area contributed by atoms with Gasteiger partial charge in [-0.15, -0.1) is 0 Å². The Morgan fingerprint density at radius 2 is 2.14 bits per heavy atom. The fourth-order valence-electron chi connectivity index (χ4n) is 3.27. The van der Waals surface area contributed by atoms with Gasteiger partial charge in [-0.1, -0.05) is 30.3 Å². The summed E-state index contributed by atoms with van der Waals surface area (Å²) in [5.41, 5.74) is 1.20. The SMILES string of the molecule is COC(=O)[C@@H]1C(CCC=O)CCN1[C@@H](C)c1ccccc1. The van der Waals surface area contributed by atoms with Crippen LogP contribution in [0.2, 0.25) is 0 Å². The zero-order chi connectivity index (χ0) is 15.2. The minimum Gasteiger partial charge on any atom is -0.468 e. The molecule has 4 heteroatoms. The number of esters is 1. The van der Waals surface area contributed by atoms with Gasteiger partial charge in [0, 0.05) is 12.5 Å². The molecule has 1 aliphatic heterocycles. The zero-order valence-electron chi connectivity index (χ0n) is 12.7. The molecule has 0 bridgehead atoms. The van der Waals surface area contributed by atoms with Gasteiger partial charge < -0.3 is 9.53 Å². The van der Waals surface area contributed by atoms with E-state index in [2.05, 4.69) is 24.0 Å². The van der Waals surface area contributed by atoms with Crippen molar-refractivity contribution in [1.82, 2.24) is 4.90 Å². The van der Waals surface area contributed by atoms with Gasteiger partial charge in [0.1, 0.15) is 12.3 Å². The van der Waals surface area contributed by atoms with Crippen LogP contribution in [0.25, 0.3) is 0 Å². The molecule has 0 saturated carbocycles. The number of likely N-dealkylation sites (tertiary alicyclic amines) is 1.